The predicted octanol–water partition coefficient (Wildman–Crippen LogP) is 1.88. The molecular weight excluding hydrogens is 255 g/mol. The average Bonchev–Trinajstić information content (AvgIpc) is 2.33. The number of ether oxygens (including phenoxy) is 1. The number of hydrogen-bond acceptors (Lipinski definition) is 4. The molecule has 0 fully saturated rings. The van der Waals surface area contributed by atoms with Crippen LogP contribution in [-0.2, 0) is 4.79 Å². The number of carbonyl (C=O) groups is 1. The van der Waals surface area contributed by atoms with Gasteiger partial charge in [0.15, 0.2) is 6.61 Å². The third kappa shape index (κ3) is 4.90. The van der Waals surface area contributed by atoms with Crippen molar-refractivity contribution in [3.05, 3.63) is 34.1 Å². The molecule has 0 heterocycles. The van der Waals surface area contributed by atoms with Gasteiger partial charge in [0, 0.05) is 18.7 Å². The number of nitrogens with zero attached hydrogens (tertiary/aromatic N) is 1. The van der Waals surface area contributed by atoms with Crippen LogP contribution in [0.1, 0.15) is 13.8 Å². The van der Waals surface area contributed by atoms with E-state index in [4.69, 9.17) is 4.74 Å². The molecule has 0 spiro atoms. The molecule has 104 valence electrons. The molecule has 0 aromatic heterocycles. The Morgan fingerprint density at radius 1 is 1.53 bits per heavy atom. The van der Waals surface area contributed by atoms with Crippen LogP contribution in [0.5, 0.6) is 5.75 Å². The Bertz CT molecular complexity index is 477. The number of nitro groups is 1. The Kier molecular flexibility index (Phi) is 5.23. The number of nitrogens with one attached hydrogen (secondary N) is 1. The molecule has 7 heteroatoms. The van der Waals surface area contributed by atoms with E-state index in [0.717, 1.165) is 18.2 Å². The lowest BCUT2D eigenvalue weighted by atomic mass is 10.2. The Balaban J connectivity index is 2.64. The van der Waals surface area contributed by atoms with Crippen LogP contribution in [0, 0.1) is 21.8 Å². The van der Waals surface area contributed by atoms with Gasteiger partial charge in [-0.05, 0) is 12.0 Å². The zero-order valence-corrected chi connectivity index (χ0v) is 10.7. The van der Waals surface area contributed by atoms with Crippen LogP contribution in [0.3, 0.4) is 0 Å². The van der Waals surface area contributed by atoms with Crippen molar-refractivity contribution in [2.45, 2.75) is 13.8 Å². The molecule has 0 aliphatic rings. The van der Waals surface area contributed by atoms with Crippen molar-refractivity contribution in [3.63, 3.8) is 0 Å². The maximum atomic E-state index is 13.0. The summed E-state index contributed by atoms with van der Waals surface area (Å²) in [5.74, 6) is -1.05. The van der Waals surface area contributed by atoms with Gasteiger partial charge in [-0.2, -0.15) is 0 Å². The molecule has 0 atom stereocenters. The second-order valence-electron chi connectivity index (χ2n) is 4.36. The average molecular weight is 270 g/mol. The Morgan fingerprint density at radius 2 is 2.21 bits per heavy atom. The van der Waals surface area contributed by atoms with E-state index < -0.39 is 23.3 Å². The maximum Gasteiger partial charge on any atom is 0.311 e. The smallest absolute Gasteiger partial charge is 0.311 e. The molecule has 0 unspecified atom stereocenters. The molecule has 0 bridgehead atoms. The van der Waals surface area contributed by atoms with Crippen LogP contribution in [-0.4, -0.2) is 24.0 Å². The van der Waals surface area contributed by atoms with E-state index in [1.54, 1.807) is 0 Å². The van der Waals surface area contributed by atoms with Gasteiger partial charge < -0.3 is 10.1 Å². The van der Waals surface area contributed by atoms with E-state index in [-0.39, 0.29) is 17.4 Å². The summed E-state index contributed by atoms with van der Waals surface area (Å²) in [6.07, 6.45) is 0. The first-order valence-electron chi connectivity index (χ1n) is 5.73. The fraction of sp³-hybridized carbons (Fsp3) is 0.417. The number of halogens is 1. The molecule has 19 heavy (non-hydrogen) atoms. The number of amides is 1. The molecule has 1 rings (SSSR count). The van der Waals surface area contributed by atoms with Crippen LogP contribution in [0.4, 0.5) is 10.1 Å². The molecule has 0 aliphatic heterocycles. The fourth-order valence-electron chi connectivity index (χ4n) is 1.27. The lowest BCUT2D eigenvalue weighted by Gasteiger charge is -2.09. The number of carbonyl (C=O) groups excluding carboxylic acids is 1. The van der Waals surface area contributed by atoms with Crippen molar-refractivity contribution in [2.75, 3.05) is 13.2 Å². The lowest BCUT2D eigenvalue weighted by molar-refractivity contribution is -0.385. The van der Waals surface area contributed by atoms with E-state index in [0.29, 0.717) is 6.54 Å². The van der Waals surface area contributed by atoms with Crippen LogP contribution >= 0.6 is 0 Å². The van der Waals surface area contributed by atoms with Gasteiger partial charge in [-0.3, -0.25) is 14.9 Å². The van der Waals surface area contributed by atoms with Crippen molar-refractivity contribution < 1.29 is 18.8 Å². The summed E-state index contributed by atoms with van der Waals surface area (Å²) >= 11 is 0. The number of nitro benzene ring substituents is 1. The molecule has 1 N–H and O–H groups in total. The molecule has 0 aliphatic carbocycles. The molecule has 0 saturated carbocycles. The molecule has 6 nitrogen and oxygen atoms in total. The SMILES string of the molecule is CC(C)CNC(=O)COc1cc(F)ccc1[N+](=O)[O-]. The van der Waals surface area contributed by atoms with Crippen LogP contribution in [0.15, 0.2) is 18.2 Å². The first kappa shape index (κ1) is 14.9. The summed E-state index contributed by atoms with van der Waals surface area (Å²) in [6.45, 7) is 3.95. The number of rotatable bonds is 6. The zero-order valence-electron chi connectivity index (χ0n) is 10.7. The summed E-state index contributed by atoms with van der Waals surface area (Å²) < 4.78 is 18.0. The fourth-order valence-corrected chi connectivity index (χ4v) is 1.27. The van der Waals surface area contributed by atoms with Crippen molar-refractivity contribution in [1.29, 1.82) is 0 Å². The van der Waals surface area contributed by atoms with E-state index in [1.807, 2.05) is 13.8 Å². The standard InChI is InChI=1S/C12H15FN2O4/c1-8(2)6-14-12(16)7-19-11-5-9(13)3-4-10(11)15(17)18/h3-5,8H,6-7H2,1-2H3,(H,14,16). The van der Waals surface area contributed by atoms with Gasteiger partial charge in [-0.1, -0.05) is 13.8 Å². The van der Waals surface area contributed by atoms with Gasteiger partial charge in [-0.15, -0.1) is 0 Å². The van der Waals surface area contributed by atoms with Crippen molar-refractivity contribution in [3.8, 4) is 5.75 Å². The van der Waals surface area contributed by atoms with Crippen LogP contribution < -0.4 is 10.1 Å². The monoisotopic (exact) mass is 270 g/mol. The highest BCUT2D eigenvalue weighted by Gasteiger charge is 2.16. The summed E-state index contributed by atoms with van der Waals surface area (Å²) in [5, 5.41) is 13.3. The number of benzene rings is 1. The Labute approximate surface area is 109 Å². The van der Waals surface area contributed by atoms with Gasteiger partial charge in [0.2, 0.25) is 5.75 Å². The summed E-state index contributed by atoms with van der Waals surface area (Å²) in [4.78, 5) is 21.4. The summed E-state index contributed by atoms with van der Waals surface area (Å²) in [7, 11) is 0. The van der Waals surface area contributed by atoms with E-state index >= 15 is 0 Å². The van der Waals surface area contributed by atoms with Gasteiger partial charge in [0.25, 0.3) is 5.91 Å². The van der Waals surface area contributed by atoms with E-state index in [9.17, 15) is 19.3 Å². The molecule has 0 saturated heterocycles. The maximum absolute atomic E-state index is 13.0. The van der Waals surface area contributed by atoms with Crippen LogP contribution in [0.25, 0.3) is 0 Å². The van der Waals surface area contributed by atoms with E-state index in [2.05, 4.69) is 5.32 Å². The summed E-state index contributed by atoms with van der Waals surface area (Å²) in [6, 6.07) is 2.84. The predicted molar refractivity (Wildman–Crippen MR) is 66.4 cm³/mol. The largest absolute Gasteiger partial charge is 0.477 e. The number of hydrogen-bond donors (Lipinski definition) is 1. The molecule has 0 radical (unpaired) electrons. The molecule has 1 amide bonds. The third-order valence-electron chi connectivity index (χ3n) is 2.18. The normalized spacial score (nSPS) is 10.3. The lowest BCUT2D eigenvalue weighted by Crippen LogP contribution is -2.31. The topological polar surface area (TPSA) is 81.5 Å². The van der Waals surface area contributed by atoms with Crippen LogP contribution in [0.2, 0.25) is 0 Å². The minimum absolute atomic E-state index is 0.260. The molecule has 1 aromatic rings. The minimum Gasteiger partial charge on any atom is -0.477 e. The highest BCUT2D eigenvalue weighted by molar-refractivity contribution is 5.77. The van der Waals surface area contributed by atoms with Crippen molar-refractivity contribution in [2.24, 2.45) is 5.92 Å². The Hall–Kier alpha value is -2.18. The van der Waals surface area contributed by atoms with Gasteiger partial charge in [-0.25, -0.2) is 4.39 Å². The van der Waals surface area contributed by atoms with E-state index in [1.165, 1.54) is 0 Å². The highest BCUT2D eigenvalue weighted by Crippen LogP contribution is 2.27. The quantitative estimate of drug-likeness (QED) is 0.632. The molecular formula is C12H15FN2O4. The first-order chi connectivity index (χ1) is 8.90. The van der Waals surface area contributed by atoms with Crippen molar-refractivity contribution in [1.82, 2.24) is 5.32 Å². The van der Waals surface area contributed by atoms with Gasteiger partial charge in [0.1, 0.15) is 5.82 Å². The van der Waals surface area contributed by atoms with Gasteiger partial charge in [0.05, 0.1) is 4.92 Å². The van der Waals surface area contributed by atoms with Gasteiger partial charge >= 0.3 is 5.69 Å². The second-order valence-corrected chi connectivity index (χ2v) is 4.36. The second kappa shape index (κ2) is 6.67. The minimum atomic E-state index is -0.694. The highest BCUT2D eigenvalue weighted by atomic mass is 19.1. The molecule has 1 aromatic carbocycles. The zero-order chi connectivity index (χ0) is 14.4. The third-order valence-corrected chi connectivity index (χ3v) is 2.18. The summed E-state index contributed by atoms with van der Waals surface area (Å²) in [5.41, 5.74) is -0.377. The Morgan fingerprint density at radius 3 is 2.79 bits per heavy atom. The van der Waals surface area contributed by atoms with Crippen molar-refractivity contribution >= 4 is 11.6 Å². The first-order valence-corrected chi connectivity index (χ1v) is 5.73.